The molecule has 112 valence electrons. The minimum absolute atomic E-state index is 0.151. The van der Waals surface area contributed by atoms with Crippen molar-refractivity contribution in [3.05, 3.63) is 45.7 Å². The third kappa shape index (κ3) is 3.48. The van der Waals surface area contributed by atoms with E-state index in [-0.39, 0.29) is 5.92 Å². The Labute approximate surface area is 136 Å². The summed E-state index contributed by atoms with van der Waals surface area (Å²) in [6.07, 6.45) is 0.826. The summed E-state index contributed by atoms with van der Waals surface area (Å²) in [5, 5.41) is 0. The summed E-state index contributed by atoms with van der Waals surface area (Å²) in [4.78, 5) is 0. The molecule has 0 saturated carbocycles. The number of nitrogens with one attached hydrogen (secondary N) is 1. The molecule has 0 spiro atoms. The van der Waals surface area contributed by atoms with Gasteiger partial charge in [0.15, 0.2) is 0 Å². The van der Waals surface area contributed by atoms with Crippen LogP contribution in [0.4, 0.5) is 0 Å². The quantitative estimate of drug-likeness (QED) is 0.876. The first kappa shape index (κ1) is 15.0. The van der Waals surface area contributed by atoms with E-state index in [9.17, 15) is 8.42 Å². The number of thiophene rings is 1. The zero-order chi connectivity index (χ0) is 14.9. The van der Waals surface area contributed by atoms with Crippen molar-refractivity contribution in [2.24, 2.45) is 5.92 Å². The van der Waals surface area contributed by atoms with E-state index in [1.165, 1.54) is 11.3 Å². The van der Waals surface area contributed by atoms with E-state index < -0.39 is 10.0 Å². The van der Waals surface area contributed by atoms with Crippen molar-refractivity contribution in [2.45, 2.75) is 10.6 Å². The van der Waals surface area contributed by atoms with Gasteiger partial charge in [-0.15, -0.1) is 11.3 Å². The van der Waals surface area contributed by atoms with Crippen molar-refractivity contribution < 1.29 is 13.2 Å². The van der Waals surface area contributed by atoms with E-state index >= 15 is 0 Å². The van der Waals surface area contributed by atoms with E-state index in [1.807, 2.05) is 24.3 Å². The molecule has 1 atom stereocenters. The SMILES string of the molecule is O=S(=O)(NC[C@H]1COc2ccccc2C1)c1ccc(Br)s1. The number of fused-ring (bicyclic) bond motifs is 1. The van der Waals surface area contributed by atoms with Gasteiger partial charge in [0.25, 0.3) is 0 Å². The smallest absolute Gasteiger partial charge is 0.250 e. The second kappa shape index (κ2) is 6.08. The summed E-state index contributed by atoms with van der Waals surface area (Å²) in [6.45, 7) is 0.917. The zero-order valence-corrected chi connectivity index (χ0v) is 14.3. The molecule has 2 heterocycles. The fourth-order valence-corrected chi connectivity index (χ4v) is 5.43. The summed E-state index contributed by atoms with van der Waals surface area (Å²) >= 11 is 4.48. The molecule has 1 aromatic carbocycles. The average Bonchev–Trinajstić information content (AvgIpc) is 2.92. The van der Waals surface area contributed by atoms with Gasteiger partial charge in [0, 0.05) is 12.5 Å². The fraction of sp³-hybridized carbons (Fsp3) is 0.286. The third-order valence-electron chi connectivity index (χ3n) is 3.33. The summed E-state index contributed by atoms with van der Waals surface area (Å²) in [5.41, 5.74) is 1.13. The highest BCUT2D eigenvalue weighted by Gasteiger charge is 2.23. The van der Waals surface area contributed by atoms with Crippen LogP contribution >= 0.6 is 27.3 Å². The molecular formula is C14H14BrNO3S2. The van der Waals surface area contributed by atoms with Gasteiger partial charge in [-0.2, -0.15) is 0 Å². The molecule has 0 unspecified atom stereocenters. The Bertz CT molecular complexity index is 742. The van der Waals surface area contributed by atoms with Gasteiger partial charge in [-0.25, -0.2) is 13.1 Å². The number of para-hydroxylation sites is 1. The Morgan fingerprint density at radius 2 is 2.10 bits per heavy atom. The van der Waals surface area contributed by atoms with E-state index in [4.69, 9.17) is 4.74 Å². The molecule has 0 amide bonds. The molecule has 0 fully saturated rings. The number of rotatable bonds is 4. The first-order valence-electron chi connectivity index (χ1n) is 6.50. The molecule has 7 heteroatoms. The van der Waals surface area contributed by atoms with Crippen LogP contribution in [0.2, 0.25) is 0 Å². The predicted octanol–water partition coefficient (Wildman–Crippen LogP) is 3.04. The van der Waals surface area contributed by atoms with Crippen LogP contribution in [-0.4, -0.2) is 21.6 Å². The normalized spacial score (nSPS) is 18.0. The van der Waals surface area contributed by atoms with Crippen molar-refractivity contribution in [2.75, 3.05) is 13.2 Å². The summed E-state index contributed by atoms with van der Waals surface area (Å²) in [6, 6.07) is 11.2. The Morgan fingerprint density at radius 1 is 1.29 bits per heavy atom. The number of halogens is 1. The molecule has 0 bridgehead atoms. The highest BCUT2D eigenvalue weighted by atomic mass is 79.9. The van der Waals surface area contributed by atoms with Crippen LogP contribution in [0.1, 0.15) is 5.56 Å². The number of sulfonamides is 1. The van der Waals surface area contributed by atoms with Gasteiger partial charge in [-0.05, 0) is 46.1 Å². The molecular weight excluding hydrogens is 374 g/mol. The maximum atomic E-state index is 12.2. The van der Waals surface area contributed by atoms with Crippen molar-refractivity contribution >= 4 is 37.3 Å². The second-order valence-corrected chi connectivity index (χ2v) is 9.36. The van der Waals surface area contributed by atoms with Gasteiger partial charge in [0.2, 0.25) is 10.0 Å². The number of benzene rings is 1. The Hall–Kier alpha value is -0.890. The summed E-state index contributed by atoms with van der Waals surface area (Å²) < 4.78 is 33.8. The van der Waals surface area contributed by atoms with Crippen LogP contribution in [0.5, 0.6) is 5.75 Å². The Balaban J connectivity index is 1.64. The lowest BCUT2D eigenvalue weighted by molar-refractivity contribution is 0.223. The number of ether oxygens (including phenoxy) is 1. The number of hydrogen-bond acceptors (Lipinski definition) is 4. The van der Waals surface area contributed by atoms with Crippen molar-refractivity contribution in [1.82, 2.24) is 4.72 Å². The van der Waals surface area contributed by atoms with Crippen molar-refractivity contribution in [1.29, 1.82) is 0 Å². The fourth-order valence-electron chi connectivity index (χ4n) is 2.26. The van der Waals surface area contributed by atoms with E-state index in [2.05, 4.69) is 20.7 Å². The van der Waals surface area contributed by atoms with Crippen LogP contribution in [0, 0.1) is 5.92 Å². The van der Waals surface area contributed by atoms with Gasteiger partial charge in [0.05, 0.1) is 10.4 Å². The summed E-state index contributed by atoms with van der Waals surface area (Å²) in [5.74, 6) is 1.05. The van der Waals surface area contributed by atoms with Crippen molar-refractivity contribution in [3.8, 4) is 5.75 Å². The van der Waals surface area contributed by atoms with Crippen LogP contribution < -0.4 is 9.46 Å². The minimum Gasteiger partial charge on any atom is -0.493 e. The predicted molar refractivity (Wildman–Crippen MR) is 86.3 cm³/mol. The Morgan fingerprint density at radius 3 is 2.86 bits per heavy atom. The van der Waals surface area contributed by atoms with Gasteiger partial charge in [-0.1, -0.05) is 18.2 Å². The van der Waals surface area contributed by atoms with Crippen LogP contribution in [0.15, 0.2) is 44.4 Å². The average molecular weight is 388 g/mol. The molecule has 1 aliphatic rings. The molecule has 1 N–H and O–H groups in total. The molecule has 4 nitrogen and oxygen atoms in total. The van der Waals surface area contributed by atoms with Gasteiger partial charge in [-0.3, -0.25) is 0 Å². The first-order chi connectivity index (χ1) is 10.0. The standard InChI is InChI=1S/C14H14BrNO3S2/c15-13-5-6-14(20-13)21(17,18)16-8-10-7-11-3-1-2-4-12(11)19-9-10/h1-6,10,16H,7-9H2/t10-/m0/s1. The lowest BCUT2D eigenvalue weighted by Crippen LogP contribution is -2.34. The summed E-state index contributed by atoms with van der Waals surface area (Å²) in [7, 11) is -3.43. The first-order valence-corrected chi connectivity index (χ1v) is 9.59. The molecule has 0 aliphatic carbocycles. The van der Waals surface area contributed by atoms with Gasteiger partial charge < -0.3 is 4.74 Å². The third-order valence-corrected chi connectivity index (χ3v) is 6.87. The van der Waals surface area contributed by atoms with E-state index in [0.29, 0.717) is 17.4 Å². The topological polar surface area (TPSA) is 55.4 Å². The van der Waals surface area contributed by atoms with E-state index in [0.717, 1.165) is 21.5 Å². The van der Waals surface area contributed by atoms with Gasteiger partial charge >= 0.3 is 0 Å². The molecule has 0 saturated heterocycles. The molecule has 1 aromatic heterocycles. The highest BCUT2D eigenvalue weighted by molar-refractivity contribution is 9.11. The maximum Gasteiger partial charge on any atom is 0.250 e. The zero-order valence-electron chi connectivity index (χ0n) is 11.1. The maximum absolute atomic E-state index is 12.2. The number of hydrogen-bond donors (Lipinski definition) is 1. The molecule has 2 aromatic rings. The molecule has 3 rings (SSSR count). The van der Waals surface area contributed by atoms with Crippen LogP contribution in [0.25, 0.3) is 0 Å². The van der Waals surface area contributed by atoms with E-state index in [1.54, 1.807) is 12.1 Å². The van der Waals surface area contributed by atoms with Crippen LogP contribution in [-0.2, 0) is 16.4 Å². The van der Waals surface area contributed by atoms with Crippen LogP contribution in [0.3, 0.4) is 0 Å². The minimum atomic E-state index is -3.43. The largest absolute Gasteiger partial charge is 0.493 e. The monoisotopic (exact) mass is 387 g/mol. The lowest BCUT2D eigenvalue weighted by atomic mass is 9.97. The molecule has 21 heavy (non-hydrogen) atoms. The lowest BCUT2D eigenvalue weighted by Gasteiger charge is -2.25. The van der Waals surface area contributed by atoms with Gasteiger partial charge in [0.1, 0.15) is 9.96 Å². The van der Waals surface area contributed by atoms with Crippen molar-refractivity contribution in [3.63, 3.8) is 0 Å². The molecule has 0 radical (unpaired) electrons. The molecule has 1 aliphatic heterocycles. The highest BCUT2D eigenvalue weighted by Crippen LogP contribution is 2.28. The Kier molecular flexibility index (Phi) is 4.35. The second-order valence-electron chi connectivity index (χ2n) is 4.90.